The molecular formula is C14H31N3. The van der Waals surface area contributed by atoms with E-state index in [0.29, 0.717) is 18.1 Å². The molecule has 1 rings (SSSR count). The van der Waals surface area contributed by atoms with Gasteiger partial charge in [-0.1, -0.05) is 20.3 Å². The molecule has 1 fully saturated rings. The van der Waals surface area contributed by atoms with Gasteiger partial charge in [0, 0.05) is 37.8 Å². The summed E-state index contributed by atoms with van der Waals surface area (Å²) in [6, 6.07) is 2.05. The zero-order chi connectivity index (χ0) is 12.8. The van der Waals surface area contributed by atoms with Crippen LogP contribution in [0, 0.1) is 0 Å². The first-order valence-corrected chi connectivity index (χ1v) is 7.25. The second kappa shape index (κ2) is 7.34. The van der Waals surface area contributed by atoms with Gasteiger partial charge in [0.1, 0.15) is 0 Å². The largest absolute Gasteiger partial charge is 0.315 e. The van der Waals surface area contributed by atoms with E-state index in [-0.39, 0.29) is 0 Å². The number of nitrogens with one attached hydrogen (secondary N) is 1. The lowest BCUT2D eigenvalue weighted by Crippen LogP contribution is -2.58. The van der Waals surface area contributed by atoms with Gasteiger partial charge in [-0.25, -0.2) is 0 Å². The van der Waals surface area contributed by atoms with E-state index in [1.165, 1.54) is 38.9 Å². The van der Waals surface area contributed by atoms with E-state index < -0.39 is 0 Å². The zero-order valence-electron chi connectivity index (χ0n) is 12.4. The molecule has 3 unspecified atom stereocenters. The molecule has 0 saturated carbocycles. The Morgan fingerprint density at radius 1 is 1.29 bits per heavy atom. The van der Waals surface area contributed by atoms with Crippen LogP contribution in [0.2, 0.25) is 0 Å². The van der Waals surface area contributed by atoms with Gasteiger partial charge in [-0.2, -0.15) is 0 Å². The van der Waals surface area contributed by atoms with E-state index in [0.717, 1.165) is 0 Å². The minimum Gasteiger partial charge on any atom is -0.315 e. The minimum absolute atomic E-state index is 0.653. The van der Waals surface area contributed by atoms with E-state index in [4.69, 9.17) is 0 Å². The molecule has 1 aliphatic rings. The fourth-order valence-corrected chi connectivity index (χ4v) is 3.02. The van der Waals surface area contributed by atoms with Crippen LogP contribution < -0.4 is 5.32 Å². The summed E-state index contributed by atoms with van der Waals surface area (Å²) in [4.78, 5) is 5.17. The molecular weight excluding hydrogens is 210 g/mol. The summed E-state index contributed by atoms with van der Waals surface area (Å²) in [6.45, 7) is 10.6. The maximum Gasteiger partial charge on any atom is 0.0247 e. The van der Waals surface area contributed by atoms with Crippen LogP contribution in [-0.2, 0) is 0 Å². The van der Waals surface area contributed by atoms with Gasteiger partial charge in [0.15, 0.2) is 0 Å². The number of rotatable bonds is 6. The van der Waals surface area contributed by atoms with E-state index in [1.807, 2.05) is 0 Å². The average molecular weight is 241 g/mol. The highest BCUT2D eigenvalue weighted by molar-refractivity contribution is 4.87. The summed E-state index contributed by atoms with van der Waals surface area (Å²) < 4.78 is 0. The summed E-state index contributed by atoms with van der Waals surface area (Å²) >= 11 is 0. The maximum atomic E-state index is 3.52. The Morgan fingerprint density at radius 2 is 2.00 bits per heavy atom. The van der Waals surface area contributed by atoms with E-state index in [1.54, 1.807) is 0 Å². The van der Waals surface area contributed by atoms with Gasteiger partial charge in [0.05, 0.1) is 0 Å². The van der Waals surface area contributed by atoms with Crippen LogP contribution in [0.25, 0.3) is 0 Å². The Balaban J connectivity index is 2.60. The van der Waals surface area contributed by atoms with Crippen molar-refractivity contribution in [1.29, 1.82) is 0 Å². The van der Waals surface area contributed by atoms with Gasteiger partial charge in [-0.3, -0.25) is 4.90 Å². The average Bonchev–Trinajstić information content (AvgIpc) is 2.33. The van der Waals surface area contributed by atoms with Crippen LogP contribution in [0.15, 0.2) is 0 Å². The minimum atomic E-state index is 0.653. The summed E-state index contributed by atoms with van der Waals surface area (Å²) in [6.07, 6.45) is 3.81. The SMILES string of the molecule is CCCC(NC)C(CC)N1CCN(C)C(C)C1. The van der Waals surface area contributed by atoms with Crippen LogP contribution >= 0.6 is 0 Å². The standard InChI is InChI=1S/C14H31N3/c1-6-8-13(15-4)14(7-2)17-10-9-16(5)12(3)11-17/h12-15H,6-11H2,1-5H3. The fraction of sp³-hybridized carbons (Fsp3) is 1.00. The molecule has 17 heavy (non-hydrogen) atoms. The third-order valence-corrected chi connectivity index (χ3v) is 4.31. The third-order valence-electron chi connectivity index (χ3n) is 4.31. The number of hydrogen-bond acceptors (Lipinski definition) is 3. The van der Waals surface area contributed by atoms with Crippen LogP contribution in [0.3, 0.4) is 0 Å². The highest BCUT2D eigenvalue weighted by Gasteiger charge is 2.29. The summed E-state index contributed by atoms with van der Waals surface area (Å²) in [5.74, 6) is 0. The quantitative estimate of drug-likeness (QED) is 0.765. The molecule has 0 aromatic heterocycles. The molecule has 0 aromatic carbocycles. The molecule has 0 aromatic rings. The van der Waals surface area contributed by atoms with Crippen molar-refractivity contribution in [3.8, 4) is 0 Å². The Kier molecular flexibility index (Phi) is 6.45. The van der Waals surface area contributed by atoms with Gasteiger partial charge in [0.2, 0.25) is 0 Å². The van der Waals surface area contributed by atoms with E-state index in [9.17, 15) is 0 Å². The van der Waals surface area contributed by atoms with Crippen molar-refractivity contribution in [2.45, 2.75) is 58.2 Å². The molecule has 3 nitrogen and oxygen atoms in total. The van der Waals surface area contributed by atoms with Crippen molar-refractivity contribution in [2.75, 3.05) is 33.7 Å². The highest BCUT2D eigenvalue weighted by Crippen LogP contribution is 2.17. The molecule has 1 saturated heterocycles. The van der Waals surface area contributed by atoms with Gasteiger partial charge in [0.25, 0.3) is 0 Å². The molecule has 3 atom stereocenters. The van der Waals surface area contributed by atoms with Crippen molar-refractivity contribution >= 4 is 0 Å². The molecule has 1 aliphatic heterocycles. The summed E-state index contributed by atoms with van der Waals surface area (Å²) in [7, 11) is 4.35. The molecule has 0 radical (unpaired) electrons. The second-order valence-corrected chi connectivity index (χ2v) is 5.48. The molecule has 0 spiro atoms. The van der Waals surface area contributed by atoms with Crippen LogP contribution in [-0.4, -0.2) is 61.7 Å². The van der Waals surface area contributed by atoms with E-state index in [2.05, 4.69) is 50.0 Å². The number of nitrogens with zero attached hydrogens (tertiary/aromatic N) is 2. The fourth-order valence-electron chi connectivity index (χ4n) is 3.02. The first-order chi connectivity index (χ1) is 8.13. The van der Waals surface area contributed by atoms with Crippen molar-refractivity contribution in [3.63, 3.8) is 0 Å². The lowest BCUT2D eigenvalue weighted by molar-refractivity contribution is 0.0547. The number of hydrogen-bond donors (Lipinski definition) is 1. The van der Waals surface area contributed by atoms with Crippen LogP contribution in [0.5, 0.6) is 0 Å². The lowest BCUT2D eigenvalue weighted by atomic mass is 9.98. The smallest absolute Gasteiger partial charge is 0.0247 e. The second-order valence-electron chi connectivity index (χ2n) is 5.48. The topological polar surface area (TPSA) is 18.5 Å². The molecule has 3 heteroatoms. The number of piperazine rings is 1. The summed E-state index contributed by atoms with van der Waals surface area (Å²) in [5, 5.41) is 3.52. The van der Waals surface area contributed by atoms with Crippen LogP contribution in [0.1, 0.15) is 40.0 Å². The molecule has 0 bridgehead atoms. The monoisotopic (exact) mass is 241 g/mol. The first-order valence-electron chi connectivity index (χ1n) is 7.25. The van der Waals surface area contributed by atoms with Gasteiger partial charge < -0.3 is 10.2 Å². The normalized spacial score (nSPS) is 27.0. The van der Waals surface area contributed by atoms with Crippen molar-refractivity contribution in [3.05, 3.63) is 0 Å². The van der Waals surface area contributed by atoms with Crippen molar-refractivity contribution in [2.24, 2.45) is 0 Å². The Bertz CT molecular complexity index is 208. The van der Waals surface area contributed by atoms with Gasteiger partial charge in [-0.05, 0) is 33.9 Å². The predicted molar refractivity (Wildman–Crippen MR) is 75.5 cm³/mol. The molecule has 1 heterocycles. The Hall–Kier alpha value is -0.120. The Morgan fingerprint density at radius 3 is 2.47 bits per heavy atom. The van der Waals surface area contributed by atoms with Gasteiger partial charge in [-0.15, -0.1) is 0 Å². The van der Waals surface area contributed by atoms with Crippen LogP contribution in [0.4, 0.5) is 0 Å². The lowest BCUT2D eigenvalue weighted by Gasteiger charge is -2.44. The first kappa shape index (κ1) is 14.9. The Labute approximate surface area is 108 Å². The number of likely N-dealkylation sites (N-methyl/N-ethyl adjacent to an activating group) is 2. The highest BCUT2D eigenvalue weighted by atomic mass is 15.3. The van der Waals surface area contributed by atoms with Crippen molar-refractivity contribution in [1.82, 2.24) is 15.1 Å². The van der Waals surface area contributed by atoms with E-state index >= 15 is 0 Å². The van der Waals surface area contributed by atoms with Gasteiger partial charge >= 0.3 is 0 Å². The molecule has 102 valence electrons. The maximum absolute atomic E-state index is 3.52. The molecule has 1 N–H and O–H groups in total. The summed E-state index contributed by atoms with van der Waals surface area (Å²) in [5.41, 5.74) is 0. The zero-order valence-corrected chi connectivity index (χ0v) is 12.4. The molecule has 0 aliphatic carbocycles. The molecule has 0 amide bonds. The third kappa shape index (κ3) is 3.94. The predicted octanol–water partition coefficient (Wildman–Crippen LogP) is 1.79. The van der Waals surface area contributed by atoms with Crippen molar-refractivity contribution < 1.29 is 0 Å².